The maximum Gasteiger partial charge on any atom is 0.0346 e. The van der Waals surface area contributed by atoms with Gasteiger partial charge in [-0.25, -0.2) is 0 Å². The quantitative estimate of drug-likeness (QED) is 0.454. The molecule has 0 radical (unpaired) electrons. The fourth-order valence-electron chi connectivity index (χ4n) is 0.146. The second-order valence-electron chi connectivity index (χ2n) is 0.876. The van der Waals surface area contributed by atoms with Gasteiger partial charge in [0.2, 0.25) is 0 Å². The van der Waals surface area contributed by atoms with E-state index < -0.39 is 0 Å². The van der Waals surface area contributed by atoms with Crippen LogP contribution in [0.5, 0.6) is 0 Å². The zero-order valence-electron chi connectivity index (χ0n) is 2.57. The molecule has 0 bridgehead atoms. The molecule has 0 spiro atoms. The topological polar surface area (TPSA) is 0 Å². The lowest BCUT2D eigenvalue weighted by molar-refractivity contribution is 1.68. The van der Waals surface area contributed by atoms with Crippen molar-refractivity contribution in [3.8, 4) is 0 Å². The minimum absolute atomic E-state index is 0.995. The van der Waals surface area contributed by atoms with Gasteiger partial charge in [0.25, 0.3) is 0 Å². The SMILES string of the molecule is ClC1=CSC1. The fraction of sp³-hybridized carbons (Fsp3) is 0.333. The average molecular weight is 107 g/mol. The molecule has 0 unspecified atom stereocenters. The van der Waals surface area contributed by atoms with Crippen LogP contribution in [0.4, 0.5) is 0 Å². The standard InChI is InChI=1S/C3H3ClS/c4-3-1-5-2-3/h1H,2H2. The molecule has 2 heteroatoms. The Hall–Kier alpha value is 0.380. The van der Waals surface area contributed by atoms with Gasteiger partial charge in [0.05, 0.1) is 0 Å². The predicted molar refractivity (Wildman–Crippen MR) is 26.4 cm³/mol. The first kappa shape index (κ1) is 3.57. The Labute approximate surface area is 40.2 Å². The second kappa shape index (κ2) is 1.23. The molecule has 1 aliphatic heterocycles. The van der Waals surface area contributed by atoms with Gasteiger partial charge >= 0.3 is 0 Å². The highest BCUT2D eigenvalue weighted by atomic mass is 35.5. The Kier molecular flexibility index (Phi) is 0.877. The van der Waals surface area contributed by atoms with Gasteiger partial charge in [-0.2, -0.15) is 0 Å². The third-order valence-corrected chi connectivity index (χ3v) is 1.89. The summed E-state index contributed by atoms with van der Waals surface area (Å²) in [4.78, 5) is 0. The molecule has 0 saturated heterocycles. The third-order valence-electron chi connectivity index (χ3n) is 0.432. The van der Waals surface area contributed by atoms with E-state index in [1.54, 1.807) is 11.8 Å². The van der Waals surface area contributed by atoms with E-state index in [1.807, 2.05) is 5.41 Å². The number of hydrogen-bond donors (Lipinski definition) is 0. The smallest absolute Gasteiger partial charge is 0.0346 e. The Bertz CT molecular complexity index is 67.3. The summed E-state index contributed by atoms with van der Waals surface area (Å²) >= 11 is 7.14. The van der Waals surface area contributed by atoms with E-state index in [0.29, 0.717) is 0 Å². The van der Waals surface area contributed by atoms with Crippen molar-refractivity contribution < 1.29 is 0 Å². The predicted octanol–water partition coefficient (Wildman–Crippen LogP) is 1.81. The van der Waals surface area contributed by atoms with Gasteiger partial charge in [0, 0.05) is 10.8 Å². The van der Waals surface area contributed by atoms with Crippen molar-refractivity contribution in [1.82, 2.24) is 0 Å². The van der Waals surface area contributed by atoms with E-state index in [2.05, 4.69) is 0 Å². The molecule has 0 aliphatic carbocycles. The number of rotatable bonds is 0. The summed E-state index contributed by atoms with van der Waals surface area (Å²) in [6.45, 7) is 0. The summed E-state index contributed by atoms with van der Waals surface area (Å²) in [7, 11) is 0. The van der Waals surface area contributed by atoms with Crippen LogP contribution in [0, 0.1) is 0 Å². The van der Waals surface area contributed by atoms with Crippen molar-refractivity contribution in [3.63, 3.8) is 0 Å². The highest BCUT2D eigenvalue weighted by Gasteiger charge is 1.98. The minimum atomic E-state index is 0.995. The van der Waals surface area contributed by atoms with Crippen LogP contribution in [-0.2, 0) is 0 Å². The summed E-state index contributed by atoms with van der Waals surface area (Å²) < 4.78 is 0. The molecular formula is C3H3ClS. The van der Waals surface area contributed by atoms with Gasteiger partial charge in [0.1, 0.15) is 0 Å². The molecule has 0 saturated carbocycles. The summed E-state index contributed by atoms with van der Waals surface area (Å²) in [5.74, 6) is 1.03. The maximum atomic E-state index is 5.39. The van der Waals surface area contributed by atoms with E-state index in [4.69, 9.17) is 11.6 Å². The average Bonchev–Trinajstić information content (AvgIpc) is 1.30. The highest BCUT2D eigenvalue weighted by Crippen LogP contribution is 2.24. The summed E-state index contributed by atoms with van der Waals surface area (Å²) in [5, 5.41) is 2.94. The molecule has 5 heavy (non-hydrogen) atoms. The van der Waals surface area contributed by atoms with E-state index in [0.717, 1.165) is 10.8 Å². The van der Waals surface area contributed by atoms with Crippen molar-refractivity contribution in [3.05, 3.63) is 10.4 Å². The molecule has 28 valence electrons. The van der Waals surface area contributed by atoms with Gasteiger partial charge in [-0.15, -0.1) is 11.8 Å². The van der Waals surface area contributed by atoms with Crippen LogP contribution in [0.25, 0.3) is 0 Å². The van der Waals surface area contributed by atoms with E-state index in [-0.39, 0.29) is 0 Å². The van der Waals surface area contributed by atoms with Crippen molar-refractivity contribution in [2.45, 2.75) is 0 Å². The first-order valence-corrected chi connectivity index (χ1v) is 2.78. The van der Waals surface area contributed by atoms with Gasteiger partial charge in [0.15, 0.2) is 0 Å². The maximum absolute atomic E-state index is 5.39. The first-order valence-electron chi connectivity index (χ1n) is 1.36. The molecule has 1 heterocycles. The van der Waals surface area contributed by atoms with E-state index >= 15 is 0 Å². The summed E-state index contributed by atoms with van der Waals surface area (Å²) in [5.41, 5.74) is 0. The highest BCUT2D eigenvalue weighted by molar-refractivity contribution is 8.03. The van der Waals surface area contributed by atoms with Crippen LogP contribution in [-0.4, -0.2) is 5.75 Å². The van der Waals surface area contributed by atoms with Crippen LogP contribution in [0.15, 0.2) is 10.4 Å². The molecule has 0 aromatic carbocycles. The second-order valence-corrected chi connectivity index (χ2v) is 2.22. The number of thioether (sulfide) groups is 1. The molecular weight excluding hydrogens is 104 g/mol. The Morgan fingerprint density at radius 3 is 2.40 bits per heavy atom. The van der Waals surface area contributed by atoms with Crippen molar-refractivity contribution in [2.24, 2.45) is 0 Å². The normalized spacial score (nSPS) is 20.6. The largest absolute Gasteiger partial charge is 0.127 e. The van der Waals surface area contributed by atoms with Crippen LogP contribution < -0.4 is 0 Å². The Morgan fingerprint density at radius 2 is 2.40 bits per heavy atom. The molecule has 0 nitrogen and oxygen atoms in total. The Balaban J connectivity index is 2.51. The fourth-order valence-corrected chi connectivity index (χ4v) is 0.817. The number of hydrogen-bond acceptors (Lipinski definition) is 1. The Morgan fingerprint density at radius 1 is 2.00 bits per heavy atom. The number of halogens is 1. The van der Waals surface area contributed by atoms with Crippen LogP contribution >= 0.6 is 23.4 Å². The lowest BCUT2D eigenvalue weighted by Crippen LogP contribution is -1.82. The van der Waals surface area contributed by atoms with E-state index in [9.17, 15) is 0 Å². The van der Waals surface area contributed by atoms with Crippen LogP contribution in [0.2, 0.25) is 0 Å². The van der Waals surface area contributed by atoms with Crippen LogP contribution in [0.1, 0.15) is 0 Å². The van der Waals surface area contributed by atoms with E-state index in [1.165, 1.54) is 0 Å². The third kappa shape index (κ3) is 0.610. The van der Waals surface area contributed by atoms with Gasteiger partial charge in [-0.1, -0.05) is 11.6 Å². The molecule has 0 atom stereocenters. The molecule has 1 aliphatic rings. The molecule has 0 amide bonds. The van der Waals surface area contributed by atoms with Crippen molar-refractivity contribution in [2.75, 3.05) is 5.75 Å². The minimum Gasteiger partial charge on any atom is -0.127 e. The molecule has 0 aromatic heterocycles. The zero-order valence-corrected chi connectivity index (χ0v) is 4.14. The monoisotopic (exact) mass is 106 g/mol. The molecule has 0 aromatic rings. The van der Waals surface area contributed by atoms with Gasteiger partial charge in [-0.3, -0.25) is 0 Å². The lowest BCUT2D eigenvalue weighted by Gasteiger charge is -2.01. The molecule has 1 rings (SSSR count). The zero-order chi connectivity index (χ0) is 3.70. The summed E-state index contributed by atoms with van der Waals surface area (Å²) in [6.07, 6.45) is 0. The molecule has 0 fully saturated rings. The van der Waals surface area contributed by atoms with Crippen molar-refractivity contribution >= 4 is 23.4 Å². The molecule has 0 N–H and O–H groups in total. The summed E-state index contributed by atoms with van der Waals surface area (Å²) in [6, 6.07) is 0. The van der Waals surface area contributed by atoms with Crippen LogP contribution in [0.3, 0.4) is 0 Å². The lowest BCUT2D eigenvalue weighted by atomic mass is 10.7. The first-order chi connectivity index (χ1) is 2.39. The van der Waals surface area contributed by atoms with Crippen molar-refractivity contribution in [1.29, 1.82) is 0 Å². The van der Waals surface area contributed by atoms with Gasteiger partial charge < -0.3 is 0 Å². The van der Waals surface area contributed by atoms with Gasteiger partial charge in [-0.05, 0) is 5.41 Å².